The van der Waals surface area contributed by atoms with Crippen LogP contribution in [0.4, 0.5) is 26.3 Å². The third-order valence-corrected chi connectivity index (χ3v) is 7.79. The average molecular weight is 550 g/mol. The first-order valence-corrected chi connectivity index (χ1v) is 12.8. The summed E-state index contributed by atoms with van der Waals surface area (Å²) >= 11 is 0. The molecule has 4 nitrogen and oxygen atoms in total. The second kappa shape index (κ2) is 10.1. The summed E-state index contributed by atoms with van der Waals surface area (Å²) in [6, 6.07) is 14.0. The smallest absolute Gasteiger partial charge is 0.372 e. The van der Waals surface area contributed by atoms with E-state index in [0.717, 1.165) is 33.5 Å². The number of rotatable bonds is 6. The van der Waals surface area contributed by atoms with Gasteiger partial charge in [-0.3, -0.25) is 4.68 Å². The molecular formula is C29H29F6N3O. The molecular weight excluding hydrogens is 520 g/mol. The third-order valence-electron chi connectivity index (χ3n) is 7.79. The van der Waals surface area contributed by atoms with E-state index >= 15 is 0 Å². The van der Waals surface area contributed by atoms with Crippen LogP contribution in [0.1, 0.15) is 65.4 Å². The van der Waals surface area contributed by atoms with E-state index in [9.17, 15) is 26.3 Å². The summed E-state index contributed by atoms with van der Waals surface area (Å²) in [6.45, 7) is 2.70. The Hall–Kier alpha value is -3.11. The Morgan fingerprint density at radius 1 is 1.03 bits per heavy atom. The number of allylic oxidation sites excluding steroid dienone is 1. The van der Waals surface area contributed by atoms with Crippen molar-refractivity contribution in [3.63, 3.8) is 0 Å². The molecule has 1 fully saturated rings. The number of benzene rings is 2. The van der Waals surface area contributed by atoms with Gasteiger partial charge in [0.15, 0.2) is 0 Å². The molecule has 0 radical (unpaired) electrons. The zero-order chi connectivity index (χ0) is 28.0. The quantitative estimate of drug-likeness (QED) is 0.327. The van der Waals surface area contributed by atoms with E-state index in [1.54, 1.807) is 13.1 Å². The Kier molecular flexibility index (Phi) is 7.13. The minimum Gasteiger partial charge on any atom is -0.372 e. The first-order valence-electron chi connectivity index (χ1n) is 12.8. The summed E-state index contributed by atoms with van der Waals surface area (Å²) in [5, 5.41) is 7.12. The predicted molar refractivity (Wildman–Crippen MR) is 136 cm³/mol. The van der Waals surface area contributed by atoms with Crippen LogP contribution < -0.4 is 5.32 Å². The number of nitrogens with zero attached hydrogens (tertiary/aromatic N) is 2. The van der Waals surface area contributed by atoms with E-state index in [-0.39, 0.29) is 18.2 Å². The lowest BCUT2D eigenvalue weighted by Crippen LogP contribution is -2.34. The molecule has 1 saturated heterocycles. The van der Waals surface area contributed by atoms with Gasteiger partial charge < -0.3 is 10.1 Å². The molecule has 2 aliphatic rings. The number of fused-ring (bicyclic) bond motifs is 1. The van der Waals surface area contributed by atoms with Gasteiger partial charge in [-0.15, -0.1) is 0 Å². The molecule has 39 heavy (non-hydrogen) atoms. The van der Waals surface area contributed by atoms with E-state index in [0.29, 0.717) is 31.6 Å². The van der Waals surface area contributed by atoms with Gasteiger partial charge in [-0.05, 0) is 65.8 Å². The monoisotopic (exact) mass is 549 g/mol. The highest BCUT2D eigenvalue weighted by atomic mass is 19.4. The standard InChI is InChI=1S/C29H29F6N3O/c1-27(10-13-39-24(17-27)23-16-25(29(33,34)35)38(37-23)12-11-36-2)26-21-9-4-3-6-19(21)15-22(26)18-7-5-8-20(14-18)28(30,31)32/h3-9,14-16,24,26,36H,10-13,17H2,1-2H3. The zero-order valence-electron chi connectivity index (χ0n) is 21.5. The van der Waals surface area contributed by atoms with Gasteiger partial charge in [0.2, 0.25) is 0 Å². The van der Waals surface area contributed by atoms with Crippen molar-refractivity contribution in [3.8, 4) is 0 Å². The molecule has 2 heterocycles. The Labute approximate surface area is 222 Å². The molecule has 3 aromatic rings. The summed E-state index contributed by atoms with van der Waals surface area (Å²) in [7, 11) is 1.66. The molecule has 1 aliphatic heterocycles. The van der Waals surface area contributed by atoms with Crippen molar-refractivity contribution < 1.29 is 31.1 Å². The summed E-state index contributed by atoms with van der Waals surface area (Å²) < 4.78 is 88.9. The van der Waals surface area contributed by atoms with Crippen LogP contribution in [0.5, 0.6) is 0 Å². The maximum absolute atomic E-state index is 13.8. The SMILES string of the molecule is CNCCn1nc(C2CC(C)(C3C(c4cccc(C(F)(F)F)c4)=Cc4ccccc43)CCO2)cc1C(F)(F)F. The van der Waals surface area contributed by atoms with Crippen LogP contribution in [0.25, 0.3) is 11.6 Å². The molecule has 1 aliphatic carbocycles. The van der Waals surface area contributed by atoms with Crippen molar-refractivity contribution >= 4 is 11.6 Å². The lowest BCUT2D eigenvalue weighted by atomic mass is 9.64. The minimum absolute atomic E-state index is 0.0494. The molecule has 208 valence electrons. The lowest BCUT2D eigenvalue weighted by Gasteiger charge is -2.43. The molecule has 0 saturated carbocycles. The molecule has 0 bridgehead atoms. The van der Waals surface area contributed by atoms with Crippen LogP contribution in [0.15, 0.2) is 54.6 Å². The summed E-state index contributed by atoms with van der Waals surface area (Å²) in [5.41, 5.74) is 1.30. The number of hydrogen-bond donors (Lipinski definition) is 1. The predicted octanol–water partition coefficient (Wildman–Crippen LogP) is 7.34. The summed E-state index contributed by atoms with van der Waals surface area (Å²) in [4.78, 5) is 0. The van der Waals surface area contributed by atoms with Crippen molar-refractivity contribution in [2.24, 2.45) is 5.41 Å². The van der Waals surface area contributed by atoms with Gasteiger partial charge in [0.25, 0.3) is 0 Å². The van der Waals surface area contributed by atoms with Crippen molar-refractivity contribution in [1.29, 1.82) is 0 Å². The fourth-order valence-electron chi connectivity index (χ4n) is 5.88. The maximum atomic E-state index is 13.8. The minimum atomic E-state index is -4.57. The maximum Gasteiger partial charge on any atom is 0.433 e. The number of nitrogens with one attached hydrogen (secondary N) is 1. The normalized spacial score (nSPS) is 23.5. The Morgan fingerprint density at radius 3 is 2.51 bits per heavy atom. The number of halogens is 6. The van der Waals surface area contributed by atoms with E-state index in [1.807, 2.05) is 37.3 Å². The first kappa shape index (κ1) is 27.5. The number of hydrogen-bond acceptors (Lipinski definition) is 3. The molecule has 3 atom stereocenters. The molecule has 10 heteroatoms. The van der Waals surface area contributed by atoms with Crippen LogP contribution in [0, 0.1) is 5.41 Å². The van der Waals surface area contributed by atoms with Crippen LogP contribution in [-0.2, 0) is 23.6 Å². The van der Waals surface area contributed by atoms with E-state index in [1.165, 1.54) is 12.1 Å². The highest BCUT2D eigenvalue weighted by molar-refractivity contribution is 5.92. The number of ether oxygens (including phenoxy) is 1. The second-order valence-corrected chi connectivity index (χ2v) is 10.5. The third kappa shape index (κ3) is 5.36. The Balaban J connectivity index is 1.52. The van der Waals surface area contributed by atoms with Gasteiger partial charge in [-0.2, -0.15) is 31.4 Å². The Morgan fingerprint density at radius 2 is 1.79 bits per heavy atom. The van der Waals surface area contributed by atoms with Gasteiger partial charge in [0.1, 0.15) is 11.8 Å². The second-order valence-electron chi connectivity index (χ2n) is 10.5. The molecule has 2 aromatic carbocycles. The van der Waals surface area contributed by atoms with Crippen molar-refractivity contribution in [3.05, 3.63) is 88.2 Å². The van der Waals surface area contributed by atoms with Crippen molar-refractivity contribution in [2.45, 2.75) is 50.7 Å². The van der Waals surface area contributed by atoms with Gasteiger partial charge in [0, 0.05) is 19.1 Å². The fourth-order valence-corrected chi connectivity index (χ4v) is 5.88. The van der Waals surface area contributed by atoms with Gasteiger partial charge in [0.05, 0.1) is 17.8 Å². The summed E-state index contributed by atoms with van der Waals surface area (Å²) in [5.74, 6) is -0.267. The fraction of sp³-hybridized carbons (Fsp3) is 0.414. The largest absolute Gasteiger partial charge is 0.433 e. The van der Waals surface area contributed by atoms with Crippen LogP contribution in [0.3, 0.4) is 0 Å². The number of aromatic nitrogens is 2. The molecule has 5 rings (SSSR count). The molecule has 1 aromatic heterocycles. The zero-order valence-corrected chi connectivity index (χ0v) is 21.5. The van der Waals surface area contributed by atoms with Crippen LogP contribution in [0.2, 0.25) is 0 Å². The van der Waals surface area contributed by atoms with Crippen LogP contribution in [-0.4, -0.2) is 30.0 Å². The van der Waals surface area contributed by atoms with Crippen molar-refractivity contribution in [1.82, 2.24) is 15.1 Å². The first-order chi connectivity index (χ1) is 18.4. The van der Waals surface area contributed by atoms with Crippen molar-refractivity contribution in [2.75, 3.05) is 20.2 Å². The molecule has 0 spiro atoms. The topological polar surface area (TPSA) is 39.1 Å². The van der Waals surface area contributed by atoms with Crippen LogP contribution >= 0.6 is 0 Å². The molecule has 1 N–H and O–H groups in total. The number of alkyl halides is 6. The van der Waals surface area contributed by atoms with E-state index in [2.05, 4.69) is 10.4 Å². The molecule has 3 unspecified atom stereocenters. The van der Waals surface area contributed by atoms with E-state index < -0.39 is 35.1 Å². The van der Waals surface area contributed by atoms with Gasteiger partial charge in [-0.25, -0.2) is 0 Å². The lowest BCUT2D eigenvalue weighted by molar-refractivity contribution is -0.144. The number of likely N-dealkylation sites (N-methyl/N-ethyl adjacent to an activating group) is 1. The van der Waals surface area contributed by atoms with Gasteiger partial charge in [-0.1, -0.05) is 49.4 Å². The highest BCUT2D eigenvalue weighted by Crippen LogP contribution is 2.58. The highest BCUT2D eigenvalue weighted by Gasteiger charge is 2.46. The molecule has 0 amide bonds. The Bertz CT molecular complexity index is 1380. The average Bonchev–Trinajstić information content (AvgIpc) is 3.50. The van der Waals surface area contributed by atoms with E-state index in [4.69, 9.17) is 4.74 Å². The van der Waals surface area contributed by atoms with Gasteiger partial charge >= 0.3 is 12.4 Å². The summed E-state index contributed by atoms with van der Waals surface area (Å²) in [6.07, 6.45) is -6.85.